The van der Waals surface area contributed by atoms with Crippen LogP contribution < -0.4 is 4.74 Å². The predicted molar refractivity (Wildman–Crippen MR) is 112 cm³/mol. The molecule has 2 aromatic carbocycles. The van der Waals surface area contributed by atoms with E-state index in [9.17, 15) is 18.0 Å². The molecule has 32 heavy (non-hydrogen) atoms. The minimum Gasteiger partial charge on any atom is -0.497 e. The zero-order valence-corrected chi connectivity index (χ0v) is 18.0. The van der Waals surface area contributed by atoms with Crippen LogP contribution in [0.25, 0.3) is 11.4 Å². The van der Waals surface area contributed by atoms with E-state index in [1.807, 2.05) is 26.0 Å². The molecular formula is C23H24F3N3O3. The van der Waals surface area contributed by atoms with Crippen molar-refractivity contribution >= 4 is 5.91 Å². The number of aromatic nitrogens is 2. The number of nitrogens with zero attached hydrogens (tertiary/aromatic N) is 3. The van der Waals surface area contributed by atoms with Crippen LogP contribution in [0.4, 0.5) is 13.2 Å². The Kier molecular flexibility index (Phi) is 7.17. The van der Waals surface area contributed by atoms with Crippen LogP contribution in [0.3, 0.4) is 0 Å². The van der Waals surface area contributed by atoms with Gasteiger partial charge in [-0.2, -0.15) is 18.2 Å². The number of hydrogen-bond donors (Lipinski definition) is 0. The second-order valence-electron chi connectivity index (χ2n) is 7.32. The van der Waals surface area contributed by atoms with E-state index in [0.29, 0.717) is 36.9 Å². The number of methoxy groups -OCH3 is 1. The number of benzene rings is 2. The Bertz CT molecular complexity index is 1030. The Balaban J connectivity index is 1.71. The van der Waals surface area contributed by atoms with Gasteiger partial charge in [0.1, 0.15) is 5.75 Å². The molecule has 0 radical (unpaired) electrons. The van der Waals surface area contributed by atoms with Gasteiger partial charge in [0.25, 0.3) is 5.91 Å². The summed E-state index contributed by atoms with van der Waals surface area (Å²) in [7, 11) is 1.58. The summed E-state index contributed by atoms with van der Waals surface area (Å²) < 4.78 is 48.9. The zero-order valence-electron chi connectivity index (χ0n) is 18.0. The maximum absolute atomic E-state index is 13.0. The standard InChI is InChI=1S/C23H24F3N3O3/c1-4-15(2)29(22(30)17-5-9-18(10-6-17)23(24,25)26)14-13-20-27-21(28-32-20)16-7-11-19(31-3)12-8-16/h5-12,15H,4,13-14H2,1-3H3/t15-/m1/s1. The molecule has 0 bridgehead atoms. The smallest absolute Gasteiger partial charge is 0.416 e. The molecule has 1 atom stereocenters. The molecule has 0 saturated carbocycles. The normalized spacial score (nSPS) is 12.4. The van der Waals surface area contributed by atoms with Gasteiger partial charge in [0.15, 0.2) is 0 Å². The largest absolute Gasteiger partial charge is 0.497 e. The van der Waals surface area contributed by atoms with E-state index in [1.165, 1.54) is 12.1 Å². The molecule has 1 aromatic heterocycles. The minimum atomic E-state index is -4.45. The van der Waals surface area contributed by atoms with Gasteiger partial charge in [-0.3, -0.25) is 4.79 Å². The molecule has 1 amide bonds. The first-order valence-electron chi connectivity index (χ1n) is 10.2. The third-order valence-corrected chi connectivity index (χ3v) is 5.23. The van der Waals surface area contributed by atoms with Crippen LogP contribution in [0.15, 0.2) is 53.1 Å². The quantitative estimate of drug-likeness (QED) is 0.472. The fraction of sp³-hybridized carbons (Fsp3) is 0.348. The van der Waals surface area contributed by atoms with Gasteiger partial charge in [-0.15, -0.1) is 0 Å². The lowest BCUT2D eigenvalue weighted by Gasteiger charge is -2.28. The number of alkyl halides is 3. The number of ether oxygens (including phenoxy) is 1. The lowest BCUT2D eigenvalue weighted by molar-refractivity contribution is -0.137. The molecule has 0 spiro atoms. The summed E-state index contributed by atoms with van der Waals surface area (Å²) in [6, 6.07) is 11.3. The van der Waals surface area contributed by atoms with Crippen molar-refractivity contribution in [2.24, 2.45) is 0 Å². The fourth-order valence-electron chi connectivity index (χ4n) is 3.14. The predicted octanol–water partition coefficient (Wildman–Crippen LogP) is 5.25. The van der Waals surface area contributed by atoms with Crippen molar-refractivity contribution in [2.45, 2.75) is 38.9 Å². The summed E-state index contributed by atoms with van der Waals surface area (Å²) in [4.78, 5) is 19.0. The summed E-state index contributed by atoms with van der Waals surface area (Å²) >= 11 is 0. The lowest BCUT2D eigenvalue weighted by Crippen LogP contribution is -2.39. The number of carbonyl (C=O) groups is 1. The average Bonchev–Trinajstić information content (AvgIpc) is 3.27. The Hall–Kier alpha value is -3.36. The minimum absolute atomic E-state index is 0.117. The van der Waals surface area contributed by atoms with Crippen LogP contribution in [0, 0.1) is 0 Å². The van der Waals surface area contributed by atoms with Gasteiger partial charge >= 0.3 is 6.18 Å². The Morgan fingerprint density at radius 3 is 2.34 bits per heavy atom. The molecule has 6 nitrogen and oxygen atoms in total. The van der Waals surface area contributed by atoms with Crippen LogP contribution in [0.5, 0.6) is 5.75 Å². The first kappa shape index (κ1) is 23.3. The molecule has 0 saturated heterocycles. The van der Waals surface area contributed by atoms with Crippen LogP contribution in [-0.2, 0) is 12.6 Å². The Morgan fingerprint density at radius 1 is 1.12 bits per heavy atom. The van der Waals surface area contributed by atoms with Crippen LogP contribution >= 0.6 is 0 Å². The maximum Gasteiger partial charge on any atom is 0.416 e. The summed E-state index contributed by atoms with van der Waals surface area (Å²) in [5, 5.41) is 3.98. The number of carbonyl (C=O) groups excluding carboxylic acids is 1. The highest BCUT2D eigenvalue weighted by Gasteiger charge is 2.30. The second kappa shape index (κ2) is 9.84. The van der Waals surface area contributed by atoms with E-state index < -0.39 is 11.7 Å². The molecule has 3 rings (SSSR count). The molecule has 0 aliphatic heterocycles. The van der Waals surface area contributed by atoms with Crippen molar-refractivity contribution in [2.75, 3.05) is 13.7 Å². The number of halogens is 3. The van der Waals surface area contributed by atoms with E-state index in [2.05, 4.69) is 10.1 Å². The highest BCUT2D eigenvalue weighted by atomic mass is 19.4. The van der Waals surface area contributed by atoms with Gasteiger partial charge in [0, 0.05) is 30.1 Å². The lowest BCUT2D eigenvalue weighted by atomic mass is 10.1. The SMILES string of the molecule is CC[C@@H](C)N(CCc1nc(-c2ccc(OC)cc2)no1)C(=O)c1ccc(C(F)(F)F)cc1. The third-order valence-electron chi connectivity index (χ3n) is 5.23. The van der Waals surface area contributed by atoms with Crippen molar-refractivity contribution in [1.82, 2.24) is 15.0 Å². The highest BCUT2D eigenvalue weighted by molar-refractivity contribution is 5.94. The summed E-state index contributed by atoms with van der Waals surface area (Å²) in [5.41, 5.74) is 0.171. The van der Waals surface area contributed by atoms with E-state index in [0.717, 1.165) is 17.7 Å². The summed E-state index contributed by atoms with van der Waals surface area (Å²) in [6.45, 7) is 4.11. The van der Waals surface area contributed by atoms with Crippen LogP contribution in [-0.4, -0.2) is 40.6 Å². The van der Waals surface area contributed by atoms with Crippen LogP contribution in [0.1, 0.15) is 42.1 Å². The first-order chi connectivity index (χ1) is 15.2. The number of hydrogen-bond acceptors (Lipinski definition) is 5. The van der Waals surface area contributed by atoms with E-state index in [4.69, 9.17) is 9.26 Å². The molecule has 170 valence electrons. The first-order valence-corrected chi connectivity index (χ1v) is 10.2. The molecule has 3 aromatic rings. The number of amides is 1. The summed E-state index contributed by atoms with van der Waals surface area (Å²) in [5.74, 6) is 1.16. The number of rotatable bonds is 8. The van der Waals surface area contributed by atoms with Gasteiger partial charge in [-0.25, -0.2) is 0 Å². The average molecular weight is 447 g/mol. The van der Waals surface area contributed by atoms with E-state index >= 15 is 0 Å². The Labute approximate surface area is 184 Å². The molecule has 0 fully saturated rings. The monoisotopic (exact) mass is 447 g/mol. The molecule has 0 unspecified atom stereocenters. The molecular weight excluding hydrogens is 423 g/mol. The topological polar surface area (TPSA) is 68.5 Å². The molecule has 9 heteroatoms. The molecule has 1 heterocycles. The van der Waals surface area contributed by atoms with Crippen molar-refractivity contribution in [3.63, 3.8) is 0 Å². The van der Waals surface area contributed by atoms with Gasteiger partial charge in [0.2, 0.25) is 11.7 Å². The Morgan fingerprint density at radius 2 is 1.78 bits per heavy atom. The fourth-order valence-corrected chi connectivity index (χ4v) is 3.14. The van der Waals surface area contributed by atoms with Crippen molar-refractivity contribution in [3.8, 4) is 17.1 Å². The van der Waals surface area contributed by atoms with E-state index in [1.54, 1.807) is 24.1 Å². The zero-order chi connectivity index (χ0) is 23.3. The van der Waals surface area contributed by atoms with Crippen molar-refractivity contribution in [3.05, 3.63) is 65.5 Å². The summed E-state index contributed by atoms with van der Waals surface area (Å²) in [6.07, 6.45) is -3.44. The van der Waals surface area contributed by atoms with Gasteiger partial charge in [-0.1, -0.05) is 12.1 Å². The third kappa shape index (κ3) is 5.46. The van der Waals surface area contributed by atoms with Crippen molar-refractivity contribution < 1.29 is 27.2 Å². The van der Waals surface area contributed by atoms with Gasteiger partial charge < -0.3 is 14.2 Å². The molecule has 0 N–H and O–H groups in total. The second-order valence-corrected chi connectivity index (χ2v) is 7.32. The molecule has 0 aliphatic rings. The van der Waals surface area contributed by atoms with Crippen LogP contribution in [0.2, 0.25) is 0 Å². The molecule has 0 aliphatic carbocycles. The van der Waals surface area contributed by atoms with E-state index in [-0.39, 0.29) is 17.5 Å². The van der Waals surface area contributed by atoms with Gasteiger partial charge in [-0.05, 0) is 61.9 Å². The maximum atomic E-state index is 13.0. The van der Waals surface area contributed by atoms with Crippen molar-refractivity contribution in [1.29, 1.82) is 0 Å². The highest BCUT2D eigenvalue weighted by Crippen LogP contribution is 2.29. The van der Waals surface area contributed by atoms with Gasteiger partial charge in [0.05, 0.1) is 12.7 Å².